The first-order valence-electron chi connectivity index (χ1n) is 4.63. The van der Waals surface area contributed by atoms with Crippen LogP contribution in [0.25, 0.3) is 0 Å². The summed E-state index contributed by atoms with van der Waals surface area (Å²) in [7, 11) is 0. The minimum absolute atomic E-state index is 0.108. The van der Waals surface area contributed by atoms with E-state index in [1.807, 2.05) is 30.3 Å². The van der Waals surface area contributed by atoms with Crippen molar-refractivity contribution in [3.05, 3.63) is 35.9 Å². The normalized spacial score (nSPS) is 9.40. The van der Waals surface area contributed by atoms with Gasteiger partial charge < -0.3 is 9.47 Å². The van der Waals surface area contributed by atoms with Gasteiger partial charge in [-0.2, -0.15) is 0 Å². The second kappa shape index (κ2) is 5.80. The molecule has 0 aliphatic carbocycles. The molecule has 0 spiro atoms. The highest BCUT2D eigenvalue weighted by molar-refractivity contribution is 5.81. The maximum Gasteiger partial charge on any atom is 0.516 e. The Morgan fingerprint density at radius 2 is 1.87 bits per heavy atom. The zero-order valence-corrected chi connectivity index (χ0v) is 8.43. The molecule has 0 aromatic heterocycles. The van der Waals surface area contributed by atoms with Crippen LogP contribution in [-0.4, -0.2) is 12.1 Å². The van der Waals surface area contributed by atoms with Gasteiger partial charge in [0, 0.05) is 6.42 Å². The molecule has 1 rings (SSSR count). The maximum absolute atomic E-state index is 10.9. The lowest BCUT2D eigenvalue weighted by Gasteiger charge is -2.03. The fourth-order valence-electron chi connectivity index (χ4n) is 0.911. The van der Waals surface area contributed by atoms with Gasteiger partial charge in [0.05, 0.1) is 0 Å². The zero-order chi connectivity index (χ0) is 11.1. The van der Waals surface area contributed by atoms with Gasteiger partial charge in [-0.3, -0.25) is 4.79 Å². The molecule has 80 valence electrons. The van der Waals surface area contributed by atoms with Crippen molar-refractivity contribution in [2.24, 2.45) is 0 Å². The third kappa shape index (κ3) is 4.26. The lowest BCUT2D eigenvalue weighted by molar-refractivity contribution is -0.139. The van der Waals surface area contributed by atoms with Crippen LogP contribution in [0.3, 0.4) is 0 Å². The molecule has 0 amide bonds. The van der Waals surface area contributed by atoms with E-state index >= 15 is 0 Å². The Hall–Kier alpha value is -1.84. The lowest BCUT2D eigenvalue weighted by Crippen LogP contribution is -2.12. The molecule has 0 saturated carbocycles. The Kier molecular flexibility index (Phi) is 4.34. The first kappa shape index (κ1) is 11.2. The summed E-state index contributed by atoms with van der Waals surface area (Å²) in [5, 5.41) is 0. The maximum atomic E-state index is 10.9. The van der Waals surface area contributed by atoms with E-state index < -0.39 is 12.1 Å². The molecule has 15 heavy (non-hydrogen) atoms. The van der Waals surface area contributed by atoms with Crippen molar-refractivity contribution >= 4 is 12.1 Å². The molecule has 0 heterocycles. The van der Waals surface area contributed by atoms with Crippen LogP contribution in [-0.2, 0) is 20.9 Å². The first-order valence-corrected chi connectivity index (χ1v) is 4.63. The second-order valence-corrected chi connectivity index (χ2v) is 2.85. The summed E-state index contributed by atoms with van der Waals surface area (Å²) in [5.41, 5.74) is 0.846. The highest BCUT2D eigenvalue weighted by atomic mass is 16.7. The van der Waals surface area contributed by atoms with Crippen molar-refractivity contribution in [2.75, 3.05) is 0 Å². The summed E-state index contributed by atoms with van der Waals surface area (Å²) in [6.07, 6.45) is -0.800. The summed E-state index contributed by atoms with van der Waals surface area (Å²) < 4.78 is 9.04. The fraction of sp³-hybridized carbons (Fsp3) is 0.273. The number of hydrogen-bond acceptors (Lipinski definition) is 4. The smallest absolute Gasteiger partial charge is 0.429 e. The van der Waals surface area contributed by atoms with Crippen LogP contribution in [0.4, 0.5) is 4.79 Å². The van der Waals surface area contributed by atoms with Crippen LogP contribution in [0.5, 0.6) is 0 Å². The van der Waals surface area contributed by atoms with E-state index in [1.165, 1.54) is 0 Å². The van der Waals surface area contributed by atoms with Crippen LogP contribution >= 0.6 is 0 Å². The number of esters is 1. The number of ether oxygens (including phenoxy) is 2. The quantitative estimate of drug-likeness (QED) is 0.564. The molecule has 1 aromatic rings. The molecule has 0 aliphatic heterocycles. The molecule has 0 bridgehead atoms. The standard InChI is InChI=1S/C11H12O4/c1-2-10(12)15-11(13)14-8-9-6-4-3-5-7-9/h3-7H,2,8H2,1H3. The fourth-order valence-corrected chi connectivity index (χ4v) is 0.911. The SMILES string of the molecule is CCC(=O)OC(=O)OCc1ccccc1. The largest absolute Gasteiger partial charge is 0.516 e. The predicted molar refractivity (Wildman–Crippen MR) is 53.0 cm³/mol. The minimum atomic E-state index is -0.953. The molecule has 0 radical (unpaired) electrons. The molecule has 0 atom stereocenters. The Labute approximate surface area is 87.8 Å². The summed E-state index contributed by atoms with van der Waals surface area (Å²) >= 11 is 0. The van der Waals surface area contributed by atoms with Crippen molar-refractivity contribution in [3.8, 4) is 0 Å². The number of rotatable bonds is 3. The molecule has 0 unspecified atom stereocenters. The van der Waals surface area contributed by atoms with Gasteiger partial charge in [0.2, 0.25) is 0 Å². The average Bonchev–Trinajstić information content (AvgIpc) is 2.27. The molecule has 0 fully saturated rings. The van der Waals surface area contributed by atoms with Gasteiger partial charge in [0.1, 0.15) is 6.61 Å². The highest BCUT2D eigenvalue weighted by Gasteiger charge is 2.09. The van der Waals surface area contributed by atoms with Gasteiger partial charge in [-0.15, -0.1) is 0 Å². The number of benzene rings is 1. The van der Waals surface area contributed by atoms with Crippen molar-refractivity contribution < 1.29 is 19.1 Å². The second-order valence-electron chi connectivity index (χ2n) is 2.85. The third-order valence-corrected chi connectivity index (χ3v) is 1.69. The van der Waals surface area contributed by atoms with Gasteiger partial charge >= 0.3 is 12.1 Å². The van der Waals surface area contributed by atoms with Crippen LogP contribution in [0.1, 0.15) is 18.9 Å². The molecular weight excluding hydrogens is 196 g/mol. The van der Waals surface area contributed by atoms with Gasteiger partial charge in [0.25, 0.3) is 0 Å². The van der Waals surface area contributed by atoms with Gasteiger partial charge in [-0.1, -0.05) is 37.3 Å². The van der Waals surface area contributed by atoms with E-state index in [1.54, 1.807) is 6.92 Å². The van der Waals surface area contributed by atoms with Gasteiger partial charge in [-0.25, -0.2) is 4.79 Å². The Bertz CT molecular complexity index is 332. The number of carbonyl (C=O) groups excluding carboxylic acids is 2. The van der Waals surface area contributed by atoms with Gasteiger partial charge in [0.15, 0.2) is 0 Å². The van der Waals surface area contributed by atoms with Crippen molar-refractivity contribution in [2.45, 2.75) is 20.0 Å². The zero-order valence-electron chi connectivity index (χ0n) is 8.43. The minimum Gasteiger partial charge on any atom is -0.429 e. The Morgan fingerprint density at radius 3 is 2.47 bits per heavy atom. The summed E-state index contributed by atoms with van der Waals surface area (Å²) in [6, 6.07) is 9.16. The molecule has 0 aliphatic rings. The molecule has 1 aromatic carbocycles. The summed E-state index contributed by atoms with van der Waals surface area (Å²) in [4.78, 5) is 21.6. The van der Waals surface area contributed by atoms with Crippen LogP contribution in [0.15, 0.2) is 30.3 Å². The van der Waals surface area contributed by atoms with E-state index in [2.05, 4.69) is 4.74 Å². The first-order chi connectivity index (χ1) is 7.22. The van der Waals surface area contributed by atoms with Crippen molar-refractivity contribution in [3.63, 3.8) is 0 Å². The predicted octanol–water partition coefficient (Wildman–Crippen LogP) is 2.28. The topological polar surface area (TPSA) is 52.6 Å². The molecule has 0 N–H and O–H groups in total. The Balaban J connectivity index is 2.32. The Morgan fingerprint density at radius 1 is 1.20 bits per heavy atom. The van der Waals surface area contributed by atoms with E-state index in [9.17, 15) is 9.59 Å². The summed E-state index contributed by atoms with van der Waals surface area (Å²) in [6.45, 7) is 1.71. The van der Waals surface area contributed by atoms with E-state index in [0.717, 1.165) is 5.56 Å². The molecule has 4 heteroatoms. The summed E-state index contributed by atoms with van der Waals surface area (Å²) in [5.74, 6) is -0.590. The van der Waals surface area contributed by atoms with Crippen LogP contribution in [0.2, 0.25) is 0 Å². The van der Waals surface area contributed by atoms with Crippen molar-refractivity contribution in [1.82, 2.24) is 0 Å². The average molecular weight is 208 g/mol. The van der Waals surface area contributed by atoms with Gasteiger partial charge in [-0.05, 0) is 5.56 Å². The third-order valence-electron chi connectivity index (χ3n) is 1.69. The van der Waals surface area contributed by atoms with E-state index in [4.69, 9.17) is 4.74 Å². The number of hydrogen-bond donors (Lipinski definition) is 0. The van der Waals surface area contributed by atoms with E-state index in [-0.39, 0.29) is 13.0 Å². The van der Waals surface area contributed by atoms with E-state index in [0.29, 0.717) is 0 Å². The van der Waals surface area contributed by atoms with Crippen LogP contribution < -0.4 is 0 Å². The van der Waals surface area contributed by atoms with Crippen molar-refractivity contribution in [1.29, 1.82) is 0 Å². The molecule has 0 saturated heterocycles. The van der Waals surface area contributed by atoms with Crippen LogP contribution in [0, 0.1) is 0 Å². The molecule has 4 nitrogen and oxygen atoms in total. The monoisotopic (exact) mass is 208 g/mol. The molecular formula is C11H12O4. The highest BCUT2D eigenvalue weighted by Crippen LogP contribution is 2.01. The number of carbonyl (C=O) groups is 2. The lowest BCUT2D eigenvalue weighted by atomic mass is 10.2.